The van der Waals surface area contributed by atoms with Gasteiger partial charge >= 0.3 is 11.9 Å². The Morgan fingerprint density at radius 3 is 2.52 bits per heavy atom. The van der Waals surface area contributed by atoms with Gasteiger partial charge in [0.25, 0.3) is 0 Å². The van der Waals surface area contributed by atoms with Crippen LogP contribution in [0.5, 0.6) is 0 Å². The molecule has 10 nitrogen and oxygen atoms in total. The molecule has 1 heterocycles. The van der Waals surface area contributed by atoms with Crippen molar-refractivity contribution in [1.82, 2.24) is 5.32 Å². The lowest BCUT2D eigenvalue weighted by Crippen LogP contribution is -2.59. The van der Waals surface area contributed by atoms with E-state index in [-0.39, 0.29) is 30.9 Å². The fourth-order valence-corrected chi connectivity index (χ4v) is 2.71. The molecule has 3 unspecified atom stereocenters. The topological polar surface area (TPSA) is 140 Å². The molecule has 0 aromatic carbocycles. The van der Waals surface area contributed by atoms with Crippen molar-refractivity contribution >= 4 is 17.8 Å². The number of rotatable bonds is 8. The van der Waals surface area contributed by atoms with Crippen LogP contribution in [0.15, 0.2) is 5.11 Å². The summed E-state index contributed by atoms with van der Waals surface area (Å²) in [4.78, 5) is 37.9. The van der Waals surface area contributed by atoms with Gasteiger partial charge in [-0.3, -0.25) is 14.4 Å². The molecule has 0 radical (unpaired) electrons. The smallest absolute Gasteiger partial charge is 0.311 e. The highest BCUT2D eigenvalue weighted by atomic mass is 16.7. The lowest BCUT2D eigenvalue weighted by molar-refractivity contribution is -0.242. The van der Waals surface area contributed by atoms with Gasteiger partial charge in [0.05, 0.1) is 18.1 Å². The van der Waals surface area contributed by atoms with E-state index in [1.54, 1.807) is 6.92 Å². The molecular weight excluding hydrogens is 356 g/mol. The van der Waals surface area contributed by atoms with Crippen molar-refractivity contribution in [3.05, 3.63) is 10.4 Å². The third-order valence-corrected chi connectivity index (χ3v) is 4.89. The number of hydrogen-bond donors (Lipinski definition) is 1. The Kier molecular flexibility index (Phi) is 9.04. The zero-order valence-electron chi connectivity index (χ0n) is 16.4. The molecule has 0 aromatic rings. The first-order chi connectivity index (χ1) is 12.7. The number of nitrogens with one attached hydrogen (secondary N) is 1. The molecule has 0 aliphatic carbocycles. The van der Waals surface area contributed by atoms with Gasteiger partial charge in [0.1, 0.15) is 13.2 Å². The minimum Gasteiger partial charge on any atom is -0.463 e. The molecule has 1 rings (SSSR count). The fraction of sp³-hybridized carbons (Fsp3) is 0.824. The Balaban J connectivity index is 2.97. The number of ether oxygens (including phenoxy) is 3. The number of azide groups is 1. The van der Waals surface area contributed by atoms with Crippen LogP contribution in [0.4, 0.5) is 0 Å². The van der Waals surface area contributed by atoms with Gasteiger partial charge < -0.3 is 19.5 Å². The van der Waals surface area contributed by atoms with E-state index in [0.29, 0.717) is 6.42 Å². The average molecular weight is 384 g/mol. The Labute approximate surface area is 158 Å². The first-order valence-electron chi connectivity index (χ1n) is 9.00. The third-order valence-electron chi connectivity index (χ3n) is 4.89. The van der Waals surface area contributed by atoms with Gasteiger partial charge in [-0.2, -0.15) is 0 Å². The molecule has 1 aliphatic heterocycles. The van der Waals surface area contributed by atoms with Crippen molar-refractivity contribution in [3.63, 3.8) is 0 Å². The maximum absolute atomic E-state index is 12.2. The molecule has 10 heteroatoms. The summed E-state index contributed by atoms with van der Waals surface area (Å²) in [5.74, 6) is -1.93. The van der Waals surface area contributed by atoms with Crippen LogP contribution >= 0.6 is 0 Å². The zero-order chi connectivity index (χ0) is 20.6. The van der Waals surface area contributed by atoms with Crippen molar-refractivity contribution in [1.29, 1.82) is 0 Å². The van der Waals surface area contributed by atoms with Crippen LogP contribution in [0.2, 0.25) is 0 Å². The Morgan fingerprint density at radius 2 is 1.96 bits per heavy atom. The molecule has 1 fully saturated rings. The Bertz CT molecular complexity index is 592. The van der Waals surface area contributed by atoms with Crippen LogP contribution in [-0.4, -0.2) is 49.4 Å². The largest absolute Gasteiger partial charge is 0.463 e. The van der Waals surface area contributed by atoms with Crippen LogP contribution in [0.25, 0.3) is 10.4 Å². The van der Waals surface area contributed by atoms with Gasteiger partial charge in [-0.25, -0.2) is 0 Å². The van der Waals surface area contributed by atoms with Gasteiger partial charge in [-0.1, -0.05) is 32.8 Å². The van der Waals surface area contributed by atoms with E-state index in [4.69, 9.17) is 19.7 Å². The molecule has 0 bridgehead atoms. The summed E-state index contributed by atoms with van der Waals surface area (Å²) >= 11 is 0. The highest BCUT2D eigenvalue weighted by Gasteiger charge is 2.44. The second kappa shape index (κ2) is 10.7. The molecule has 1 amide bonds. The Morgan fingerprint density at radius 1 is 1.30 bits per heavy atom. The molecule has 0 saturated carbocycles. The zero-order valence-corrected chi connectivity index (χ0v) is 16.4. The molecule has 6 atom stereocenters. The highest BCUT2D eigenvalue weighted by Crippen LogP contribution is 2.32. The summed E-state index contributed by atoms with van der Waals surface area (Å²) in [7, 11) is 0. The summed E-state index contributed by atoms with van der Waals surface area (Å²) in [5, 5.41) is 5.95. The van der Waals surface area contributed by atoms with Crippen LogP contribution < -0.4 is 5.32 Å². The van der Waals surface area contributed by atoms with Crippen molar-refractivity contribution < 1.29 is 28.6 Å². The molecular formula is C17H28N4O6. The minimum absolute atomic E-state index is 0.0254. The Hall–Kier alpha value is -2.32. The molecule has 1 aliphatic rings. The molecule has 0 aromatic heterocycles. The summed E-state index contributed by atoms with van der Waals surface area (Å²) in [6, 6.07) is -0.622. The SMILES string of the molecule is CCC(C)C(=O)O[C@@H]1OC(COC(C)=O)[C@@H](C)[C@H](C)C1NC(=O)CN=[N+]=[N-]. The van der Waals surface area contributed by atoms with E-state index in [2.05, 4.69) is 15.3 Å². The van der Waals surface area contributed by atoms with Crippen LogP contribution in [0.3, 0.4) is 0 Å². The van der Waals surface area contributed by atoms with Gasteiger partial charge in [-0.05, 0) is 23.8 Å². The number of amides is 1. The maximum Gasteiger partial charge on any atom is 0.311 e. The number of esters is 2. The fourth-order valence-electron chi connectivity index (χ4n) is 2.71. The van der Waals surface area contributed by atoms with Crippen molar-refractivity contribution in [2.75, 3.05) is 13.2 Å². The lowest BCUT2D eigenvalue weighted by atomic mass is 9.82. The van der Waals surface area contributed by atoms with Crippen molar-refractivity contribution in [2.45, 2.75) is 59.5 Å². The number of nitrogens with zero attached hydrogens (tertiary/aromatic N) is 3. The van der Waals surface area contributed by atoms with Gasteiger partial charge in [-0.15, -0.1) is 0 Å². The molecule has 0 spiro atoms. The third kappa shape index (κ3) is 6.73. The predicted molar refractivity (Wildman–Crippen MR) is 95.1 cm³/mol. The van der Waals surface area contributed by atoms with Crippen LogP contribution in [0.1, 0.15) is 41.0 Å². The molecule has 1 N–H and O–H groups in total. The maximum atomic E-state index is 12.2. The van der Waals surface area contributed by atoms with E-state index in [0.717, 1.165) is 0 Å². The lowest BCUT2D eigenvalue weighted by Gasteiger charge is -2.44. The number of carbonyl (C=O) groups excluding carboxylic acids is 3. The van der Waals surface area contributed by atoms with Gasteiger partial charge in [0.15, 0.2) is 0 Å². The summed E-state index contributed by atoms with van der Waals surface area (Å²) < 4.78 is 16.4. The van der Waals surface area contributed by atoms with Gasteiger partial charge in [0, 0.05) is 11.8 Å². The van der Waals surface area contributed by atoms with Crippen molar-refractivity contribution in [3.8, 4) is 0 Å². The van der Waals surface area contributed by atoms with E-state index in [1.165, 1.54) is 6.92 Å². The van der Waals surface area contributed by atoms with Crippen LogP contribution in [0, 0.1) is 17.8 Å². The second-order valence-corrected chi connectivity index (χ2v) is 6.79. The van der Waals surface area contributed by atoms with E-state index >= 15 is 0 Å². The van der Waals surface area contributed by atoms with Crippen LogP contribution in [-0.2, 0) is 28.6 Å². The summed E-state index contributed by atoms with van der Waals surface area (Å²) in [6.07, 6.45) is -0.917. The summed E-state index contributed by atoms with van der Waals surface area (Å²) in [5.41, 5.74) is 8.36. The van der Waals surface area contributed by atoms with E-state index in [1.807, 2.05) is 20.8 Å². The van der Waals surface area contributed by atoms with Crippen molar-refractivity contribution in [2.24, 2.45) is 22.9 Å². The van der Waals surface area contributed by atoms with E-state index < -0.39 is 36.3 Å². The molecule has 1 saturated heterocycles. The number of hydrogen-bond acceptors (Lipinski definition) is 7. The summed E-state index contributed by atoms with van der Waals surface area (Å²) in [6.45, 7) is 8.35. The van der Waals surface area contributed by atoms with E-state index in [9.17, 15) is 14.4 Å². The first-order valence-corrected chi connectivity index (χ1v) is 9.00. The highest BCUT2D eigenvalue weighted by molar-refractivity contribution is 5.78. The minimum atomic E-state index is -1.03. The normalized spacial score (nSPS) is 28.4. The number of carbonyl (C=O) groups is 3. The first kappa shape index (κ1) is 22.7. The molecule has 152 valence electrons. The monoisotopic (exact) mass is 384 g/mol. The predicted octanol–water partition coefficient (Wildman–Crippen LogP) is 1.93. The van der Waals surface area contributed by atoms with Gasteiger partial charge in [0.2, 0.25) is 12.2 Å². The standard InChI is InChI=1S/C17H28N4O6/c1-6-9(2)16(24)27-17-15(20-14(23)7-19-21-18)11(4)10(3)13(26-17)8-25-12(5)22/h9-11,13,15,17H,6-8H2,1-5H3,(H,20,23)/t9?,10-,11-,13?,15?,17-/m0/s1. The molecule has 27 heavy (non-hydrogen) atoms. The second-order valence-electron chi connectivity index (χ2n) is 6.79. The average Bonchev–Trinajstić information content (AvgIpc) is 2.63. The quantitative estimate of drug-likeness (QED) is 0.293.